The SMILES string of the molecule is CC(O)c1ccc(-c2cccc3c2CCCC3)o1. The smallest absolute Gasteiger partial charge is 0.134 e. The second kappa shape index (κ2) is 4.62. The fourth-order valence-corrected chi connectivity index (χ4v) is 2.73. The molecule has 0 saturated heterocycles. The third kappa shape index (κ3) is 1.97. The average molecular weight is 242 g/mol. The lowest BCUT2D eigenvalue weighted by molar-refractivity contribution is 0.170. The van der Waals surface area contributed by atoms with Gasteiger partial charge in [-0.3, -0.25) is 0 Å². The third-order valence-electron chi connectivity index (χ3n) is 3.70. The maximum Gasteiger partial charge on any atom is 0.134 e. The van der Waals surface area contributed by atoms with Gasteiger partial charge in [-0.05, 0) is 55.9 Å². The lowest BCUT2D eigenvalue weighted by Crippen LogP contribution is -2.03. The van der Waals surface area contributed by atoms with Gasteiger partial charge in [-0.2, -0.15) is 0 Å². The summed E-state index contributed by atoms with van der Waals surface area (Å²) in [5.41, 5.74) is 4.07. The number of aliphatic hydroxyl groups is 1. The van der Waals surface area contributed by atoms with E-state index in [1.54, 1.807) is 6.92 Å². The van der Waals surface area contributed by atoms with Crippen LogP contribution in [-0.2, 0) is 12.8 Å². The van der Waals surface area contributed by atoms with Crippen LogP contribution in [0.2, 0.25) is 0 Å². The van der Waals surface area contributed by atoms with E-state index in [0.29, 0.717) is 5.76 Å². The molecule has 2 aromatic rings. The minimum absolute atomic E-state index is 0.543. The van der Waals surface area contributed by atoms with Crippen molar-refractivity contribution in [2.45, 2.75) is 38.7 Å². The van der Waals surface area contributed by atoms with E-state index in [2.05, 4.69) is 18.2 Å². The summed E-state index contributed by atoms with van der Waals surface area (Å²) in [6.45, 7) is 1.73. The highest BCUT2D eigenvalue weighted by Crippen LogP contribution is 2.33. The molecule has 0 spiro atoms. The Hall–Kier alpha value is -1.54. The zero-order valence-corrected chi connectivity index (χ0v) is 10.6. The van der Waals surface area contributed by atoms with Gasteiger partial charge in [-0.1, -0.05) is 18.2 Å². The molecule has 1 heterocycles. The van der Waals surface area contributed by atoms with Crippen LogP contribution in [0.4, 0.5) is 0 Å². The molecule has 94 valence electrons. The molecular formula is C16H18O2. The highest BCUT2D eigenvalue weighted by atomic mass is 16.4. The number of rotatable bonds is 2. The van der Waals surface area contributed by atoms with Crippen LogP contribution < -0.4 is 0 Å². The van der Waals surface area contributed by atoms with Crippen LogP contribution in [0.3, 0.4) is 0 Å². The molecular weight excluding hydrogens is 224 g/mol. The van der Waals surface area contributed by atoms with E-state index in [1.807, 2.05) is 12.1 Å². The zero-order valence-electron chi connectivity index (χ0n) is 10.6. The predicted octanol–water partition coefficient (Wildman–Crippen LogP) is 3.88. The molecule has 0 aliphatic heterocycles. The minimum atomic E-state index is -0.543. The molecule has 0 amide bonds. The fraction of sp³-hybridized carbons (Fsp3) is 0.375. The summed E-state index contributed by atoms with van der Waals surface area (Å²) in [5.74, 6) is 1.52. The number of fused-ring (bicyclic) bond motifs is 1. The van der Waals surface area contributed by atoms with Crippen molar-refractivity contribution in [1.82, 2.24) is 0 Å². The van der Waals surface area contributed by atoms with Gasteiger partial charge >= 0.3 is 0 Å². The van der Waals surface area contributed by atoms with Crippen molar-refractivity contribution in [2.75, 3.05) is 0 Å². The van der Waals surface area contributed by atoms with Crippen molar-refractivity contribution in [1.29, 1.82) is 0 Å². The molecule has 1 N–H and O–H groups in total. The maximum atomic E-state index is 9.53. The first-order valence-corrected chi connectivity index (χ1v) is 6.64. The van der Waals surface area contributed by atoms with Crippen molar-refractivity contribution in [2.24, 2.45) is 0 Å². The Labute approximate surface area is 107 Å². The maximum absolute atomic E-state index is 9.53. The standard InChI is InChI=1S/C16H18O2/c1-11(17)15-9-10-16(18-15)14-8-4-6-12-5-2-3-7-13(12)14/h4,6,8-11,17H,2-3,5,7H2,1H3. The van der Waals surface area contributed by atoms with E-state index in [0.717, 1.165) is 12.2 Å². The van der Waals surface area contributed by atoms with Crippen molar-refractivity contribution in [3.63, 3.8) is 0 Å². The molecule has 1 atom stereocenters. The number of hydrogen-bond acceptors (Lipinski definition) is 2. The Morgan fingerprint density at radius 1 is 1.11 bits per heavy atom. The van der Waals surface area contributed by atoms with Crippen molar-refractivity contribution in [3.8, 4) is 11.3 Å². The van der Waals surface area contributed by atoms with Gasteiger partial charge in [0.15, 0.2) is 0 Å². The quantitative estimate of drug-likeness (QED) is 0.867. The summed E-state index contributed by atoms with van der Waals surface area (Å²) in [7, 11) is 0. The molecule has 0 saturated carbocycles. The van der Waals surface area contributed by atoms with Gasteiger partial charge in [-0.25, -0.2) is 0 Å². The van der Waals surface area contributed by atoms with Crippen LogP contribution in [-0.4, -0.2) is 5.11 Å². The summed E-state index contributed by atoms with van der Waals surface area (Å²) >= 11 is 0. The Kier molecular flexibility index (Phi) is 2.96. The summed E-state index contributed by atoms with van der Waals surface area (Å²) in [6.07, 6.45) is 4.31. The number of aryl methyl sites for hydroxylation is 1. The summed E-state index contributed by atoms with van der Waals surface area (Å²) in [4.78, 5) is 0. The van der Waals surface area contributed by atoms with E-state index >= 15 is 0 Å². The molecule has 1 unspecified atom stereocenters. The van der Waals surface area contributed by atoms with Crippen molar-refractivity contribution < 1.29 is 9.52 Å². The Balaban J connectivity index is 2.05. The molecule has 2 nitrogen and oxygen atoms in total. The van der Waals surface area contributed by atoms with E-state index in [-0.39, 0.29) is 0 Å². The van der Waals surface area contributed by atoms with E-state index in [9.17, 15) is 5.11 Å². The molecule has 18 heavy (non-hydrogen) atoms. The molecule has 1 aliphatic rings. The van der Waals surface area contributed by atoms with E-state index < -0.39 is 6.10 Å². The minimum Gasteiger partial charge on any atom is -0.458 e. The topological polar surface area (TPSA) is 33.4 Å². The van der Waals surface area contributed by atoms with Gasteiger partial charge in [-0.15, -0.1) is 0 Å². The lowest BCUT2D eigenvalue weighted by atomic mass is 9.87. The highest BCUT2D eigenvalue weighted by molar-refractivity contribution is 5.64. The Morgan fingerprint density at radius 2 is 1.94 bits per heavy atom. The van der Waals surface area contributed by atoms with E-state index in [1.165, 1.54) is 36.0 Å². The molecule has 1 aliphatic carbocycles. The number of hydrogen-bond donors (Lipinski definition) is 1. The number of aliphatic hydroxyl groups excluding tert-OH is 1. The molecule has 3 rings (SSSR count). The van der Waals surface area contributed by atoms with Gasteiger partial charge in [0.2, 0.25) is 0 Å². The molecule has 1 aromatic carbocycles. The predicted molar refractivity (Wildman–Crippen MR) is 71.4 cm³/mol. The zero-order chi connectivity index (χ0) is 12.5. The second-order valence-electron chi connectivity index (χ2n) is 5.03. The van der Waals surface area contributed by atoms with Crippen LogP contribution >= 0.6 is 0 Å². The Bertz CT molecular complexity index is 552. The van der Waals surface area contributed by atoms with Crippen LogP contribution in [0.15, 0.2) is 34.7 Å². The summed E-state index contributed by atoms with van der Waals surface area (Å²) < 4.78 is 5.75. The fourth-order valence-electron chi connectivity index (χ4n) is 2.73. The third-order valence-corrected chi connectivity index (χ3v) is 3.70. The van der Waals surface area contributed by atoms with E-state index in [4.69, 9.17) is 4.42 Å². The first kappa shape index (κ1) is 11.5. The number of furan rings is 1. The molecule has 1 aromatic heterocycles. The van der Waals surface area contributed by atoms with Crippen LogP contribution in [0.25, 0.3) is 11.3 Å². The van der Waals surface area contributed by atoms with Gasteiger partial charge < -0.3 is 9.52 Å². The van der Waals surface area contributed by atoms with Gasteiger partial charge in [0.1, 0.15) is 17.6 Å². The van der Waals surface area contributed by atoms with Crippen molar-refractivity contribution >= 4 is 0 Å². The second-order valence-corrected chi connectivity index (χ2v) is 5.03. The largest absolute Gasteiger partial charge is 0.458 e. The van der Waals surface area contributed by atoms with Crippen LogP contribution in [0.5, 0.6) is 0 Å². The monoisotopic (exact) mass is 242 g/mol. The highest BCUT2D eigenvalue weighted by Gasteiger charge is 2.16. The first-order valence-electron chi connectivity index (χ1n) is 6.64. The molecule has 0 radical (unpaired) electrons. The molecule has 0 bridgehead atoms. The normalized spacial score (nSPS) is 16.3. The average Bonchev–Trinajstić information content (AvgIpc) is 2.87. The van der Waals surface area contributed by atoms with Gasteiger partial charge in [0.05, 0.1) is 0 Å². The Morgan fingerprint density at radius 3 is 2.72 bits per heavy atom. The summed E-state index contributed by atoms with van der Waals surface area (Å²) in [5, 5.41) is 9.53. The number of benzene rings is 1. The van der Waals surface area contributed by atoms with Crippen LogP contribution in [0.1, 0.15) is 42.8 Å². The molecule has 2 heteroatoms. The van der Waals surface area contributed by atoms with Crippen LogP contribution in [0, 0.1) is 0 Å². The molecule has 0 fully saturated rings. The first-order chi connectivity index (χ1) is 8.75. The van der Waals surface area contributed by atoms with Crippen molar-refractivity contribution in [3.05, 3.63) is 47.2 Å². The van der Waals surface area contributed by atoms with Gasteiger partial charge in [0.25, 0.3) is 0 Å². The van der Waals surface area contributed by atoms with Gasteiger partial charge in [0, 0.05) is 5.56 Å². The summed E-state index contributed by atoms with van der Waals surface area (Å²) in [6, 6.07) is 10.3. The lowest BCUT2D eigenvalue weighted by Gasteiger charge is -2.18.